The molecule has 0 aliphatic rings. The second-order valence-corrected chi connectivity index (χ2v) is 10.8. The SMILES string of the molecule is Cc1cccc(Nc2nnc(SCc3cccc(S(=O)(=O)N(C)C)c3)s2)c1C. The highest BCUT2D eigenvalue weighted by atomic mass is 32.2. The van der Waals surface area contributed by atoms with Crippen LogP contribution in [0.5, 0.6) is 0 Å². The minimum absolute atomic E-state index is 0.296. The van der Waals surface area contributed by atoms with E-state index in [9.17, 15) is 8.42 Å². The number of nitrogens with zero attached hydrogens (tertiary/aromatic N) is 3. The monoisotopic (exact) mass is 434 g/mol. The standard InChI is InChI=1S/C19H22N4O2S3/c1-13-7-5-10-17(14(13)2)20-18-21-22-19(27-18)26-12-15-8-6-9-16(11-15)28(24,25)23(3)4/h5-11H,12H2,1-4H3,(H,20,21). The number of thioether (sulfide) groups is 1. The lowest BCUT2D eigenvalue weighted by Gasteiger charge is -2.12. The maximum Gasteiger partial charge on any atom is 0.242 e. The van der Waals surface area contributed by atoms with E-state index in [1.807, 2.05) is 18.2 Å². The molecule has 0 atom stereocenters. The van der Waals surface area contributed by atoms with E-state index in [1.165, 1.54) is 52.6 Å². The maximum absolute atomic E-state index is 12.3. The number of anilines is 2. The van der Waals surface area contributed by atoms with Crippen molar-refractivity contribution in [3.63, 3.8) is 0 Å². The number of rotatable bonds is 7. The summed E-state index contributed by atoms with van der Waals surface area (Å²) < 4.78 is 26.6. The van der Waals surface area contributed by atoms with Crippen molar-refractivity contribution in [3.8, 4) is 0 Å². The van der Waals surface area contributed by atoms with Crippen LogP contribution in [0.25, 0.3) is 0 Å². The number of aryl methyl sites for hydroxylation is 1. The maximum atomic E-state index is 12.3. The predicted molar refractivity (Wildman–Crippen MR) is 116 cm³/mol. The van der Waals surface area contributed by atoms with Crippen LogP contribution in [-0.4, -0.2) is 37.0 Å². The number of hydrogen-bond donors (Lipinski definition) is 1. The van der Waals surface area contributed by atoms with Crippen LogP contribution in [0.4, 0.5) is 10.8 Å². The van der Waals surface area contributed by atoms with Gasteiger partial charge < -0.3 is 5.32 Å². The molecule has 28 heavy (non-hydrogen) atoms. The molecule has 6 nitrogen and oxygen atoms in total. The molecule has 0 spiro atoms. The quantitative estimate of drug-likeness (QED) is 0.554. The van der Waals surface area contributed by atoms with Gasteiger partial charge >= 0.3 is 0 Å². The highest BCUT2D eigenvalue weighted by Crippen LogP contribution is 2.31. The Hall–Kier alpha value is -1.94. The van der Waals surface area contributed by atoms with Gasteiger partial charge in [0.2, 0.25) is 15.2 Å². The lowest BCUT2D eigenvalue weighted by atomic mass is 10.1. The Morgan fingerprint density at radius 1 is 1.11 bits per heavy atom. The third-order valence-corrected chi connectivity index (χ3v) is 8.15. The number of nitrogens with one attached hydrogen (secondary N) is 1. The molecule has 0 radical (unpaired) electrons. The number of sulfonamides is 1. The average molecular weight is 435 g/mol. The molecule has 3 rings (SSSR count). The third-order valence-electron chi connectivity index (χ3n) is 4.29. The summed E-state index contributed by atoms with van der Waals surface area (Å²) in [6.45, 7) is 4.15. The minimum atomic E-state index is -3.43. The fourth-order valence-corrected chi connectivity index (χ4v) is 5.15. The highest BCUT2D eigenvalue weighted by Gasteiger charge is 2.17. The third kappa shape index (κ3) is 4.72. The molecule has 0 saturated carbocycles. The molecule has 0 aliphatic carbocycles. The molecule has 148 valence electrons. The van der Waals surface area contributed by atoms with Gasteiger partial charge in [0.25, 0.3) is 0 Å². The van der Waals surface area contributed by atoms with Crippen molar-refractivity contribution in [2.24, 2.45) is 0 Å². The molecule has 0 unspecified atom stereocenters. The van der Waals surface area contributed by atoms with Gasteiger partial charge in [-0.25, -0.2) is 12.7 Å². The van der Waals surface area contributed by atoms with Gasteiger partial charge in [-0.15, -0.1) is 10.2 Å². The Morgan fingerprint density at radius 3 is 2.61 bits per heavy atom. The van der Waals surface area contributed by atoms with E-state index in [0.717, 1.165) is 20.7 Å². The first kappa shape index (κ1) is 20.8. The summed E-state index contributed by atoms with van der Waals surface area (Å²) in [4.78, 5) is 0.296. The van der Waals surface area contributed by atoms with Crippen LogP contribution in [-0.2, 0) is 15.8 Å². The summed E-state index contributed by atoms with van der Waals surface area (Å²) in [5.74, 6) is 0.620. The highest BCUT2D eigenvalue weighted by molar-refractivity contribution is 8.00. The van der Waals surface area contributed by atoms with Gasteiger partial charge in [0.15, 0.2) is 4.34 Å². The zero-order valence-corrected chi connectivity index (χ0v) is 18.6. The summed E-state index contributed by atoms with van der Waals surface area (Å²) in [6.07, 6.45) is 0. The zero-order valence-electron chi connectivity index (χ0n) is 16.1. The van der Waals surface area contributed by atoms with Gasteiger partial charge in [-0.2, -0.15) is 0 Å². The average Bonchev–Trinajstić information content (AvgIpc) is 3.11. The lowest BCUT2D eigenvalue weighted by Crippen LogP contribution is -2.22. The van der Waals surface area contributed by atoms with E-state index >= 15 is 0 Å². The lowest BCUT2D eigenvalue weighted by molar-refractivity contribution is 0.520. The molecule has 1 aromatic heterocycles. The van der Waals surface area contributed by atoms with Crippen LogP contribution in [0.15, 0.2) is 51.7 Å². The molecule has 2 aromatic carbocycles. The summed E-state index contributed by atoms with van der Waals surface area (Å²) in [7, 11) is -0.371. The van der Waals surface area contributed by atoms with Gasteiger partial charge in [0.05, 0.1) is 4.90 Å². The molecule has 0 aliphatic heterocycles. The summed E-state index contributed by atoms with van der Waals surface area (Å²) in [5, 5.41) is 12.5. The molecular formula is C19H22N4O2S3. The van der Waals surface area contributed by atoms with Crippen molar-refractivity contribution in [1.29, 1.82) is 0 Å². The fraction of sp³-hybridized carbons (Fsp3) is 0.263. The first-order valence-corrected chi connectivity index (χ1v) is 11.8. The summed E-state index contributed by atoms with van der Waals surface area (Å²) >= 11 is 3.02. The molecule has 1 heterocycles. The van der Waals surface area contributed by atoms with Crippen molar-refractivity contribution >= 4 is 43.9 Å². The first-order valence-electron chi connectivity index (χ1n) is 8.58. The van der Waals surface area contributed by atoms with Crippen LogP contribution in [0.1, 0.15) is 16.7 Å². The largest absolute Gasteiger partial charge is 0.330 e. The fourth-order valence-electron chi connectivity index (χ4n) is 2.47. The zero-order chi connectivity index (χ0) is 20.3. The number of aromatic nitrogens is 2. The van der Waals surface area contributed by atoms with Gasteiger partial charge in [-0.1, -0.05) is 47.4 Å². The summed E-state index contributed by atoms with van der Waals surface area (Å²) in [6, 6.07) is 13.1. The molecule has 3 aromatic rings. The van der Waals surface area contributed by atoms with Crippen molar-refractivity contribution in [1.82, 2.24) is 14.5 Å². The van der Waals surface area contributed by atoms with Crippen LogP contribution in [0.2, 0.25) is 0 Å². The van der Waals surface area contributed by atoms with Gasteiger partial charge in [0.1, 0.15) is 0 Å². The molecule has 0 amide bonds. The van der Waals surface area contributed by atoms with E-state index < -0.39 is 10.0 Å². The molecule has 0 saturated heterocycles. The van der Waals surface area contributed by atoms with Crippen LogP contribution in [0, 0.1) is 13.8 Å². The second-order valence-electron chi connectivity index (χ2n) is 6.47. The molecular weight excluding hydrogens is 412 g/mol. The summed E-state index contributed by atoms with van der Waals surface area (Å²) in [5.41, 5.74) is 4.35. The Morgan fingerprint density at radius 2 is 1.86 bits per heavy atom. The van der Waals surface area contributed by atoms with Gasteiger partial charge in [0, 0.05) is 25.5 Å². The van der Waals surface area contributed by atoms with Gasteiger partial charge in [-0.3, -0.25) is 0 Å². The van der Waals surface area contributed by atoms with Crippen molar-refractivity contribution in [3.05, 3.63) is 59.2 Å². The van der Waals surface area contributed by atoms with Crippen LogP contribution < -0.4 is 5.32 Å². The van der Waals surface area contributed by atoms with Crippen LogP contribution in [0.3, 0.4) is 0 Å². The predicted octanol–water partition coefficient (Wildman–Crippen LogP) is 4.44. The first-order chi connectivity index (χ1) is 13.3. The van der Waals surface area contributed by atoms with E-state index in [0.29, 0.717) is 10.6 Å². The minimum Gasteiger partial charge on any atom is -0.330 e. The molecule has 0 fully saturated rings. The van der Waals surface area contributed by atoms with E-state index in [2.05, 4.69) is 35.4 Å². The van der Waals surface area contributed by atoms with E-state index in [-0.39, 0.29) is 0 Å². The van der Waals surface area contributed by atoms with Crippen molar-refractivity contribution in [2.75, 3.05) is 19.4 Å². The molecule has 0 bridgehead atoms. The Bertz CT molecular complexity index is 1080. The normalized spacial score (nSPS) is 11.8. The Labute approximate surface area is 174 Å². The molecule has 1 N–H and O–H groups in total. The topological polar surface area (TPSA) is 75.2 Å². The van der Waals surface area contributed by atoms with Crippen LogP contribution >= 0.6 is 23.1 Å². The van der Waals surface area contributed by atoms with Crippen molar-refractivity contribution < 1.29 is 8.42 Å². The van der Waals surface area contributed by atoms with E-state index in [4.69, 9.17) is 0 Å². The Kier molecular flexibility index (Phi) is 6.39. The smallest absolute Gasteiger partial charge is 0.242 e. The Balaban J connectivity index is 1.67. The molecule has 9 heteroatoms. The van der Waals surface area contributed by atoms with Gasteiger partial charge in [-0.05, 0) is 48.7 Å². The second kappa shape index (κ2) is 8.60. The van der Waals surface area contributed by atoms with Crippen molar-refractivity contribution in [2.45, 2.75) is 28.8 Å². The number of hydrogen-bond acceptors (Lipinski definition) is 7. The van der Waals surface area contributed by atoms with E-state index in [1.54, 1.807) is 18.2 Å². The number of benzene rings is 2.